The van der Waals surface area contributed by atoms with Crippen LogP contribution in [0.4, 0.5) is 4.39 Å². The Bertz CT molecular complexity index is 983. The summed E-state index contributed by atoms with van der Waals surface area (Å²) < 4.78 is 18.7. The van der Waals surface area contributed by atoms with Gasteiger partial charge in [0.25, 0.3) is 0 Å². The minimum atomic E-state index is -0.308. The summed E-state index contributed by atoms with van der Waals surface area (Å²) in [5, 5.41) is 5.13. The molecular weight excluding hydrogens is 397 g/mol. The molecule has 2 amide bonds. The number of piperidine rings is 1. The van der Waals surface area contributed by atoms with Gasteiger partial charge in [0.1, 0.15) is 5.82 Å². The Morgan fingerprint density at radius 2 is 1.68 bits per heavy atom. The van der Waals surface area contributed by atoms with Gasteiger partial charge in [-0.1, -0.05) is 17.3 Å². The molecule has 0 spiro atoms. The van der Waals surface area contributed by atoms with Gasteiger partial charge < -0.3 is 9.42 Å². The topological polar surface area (TPSA) is 66.7 Å². The van der Waals surface area contributed by atoms with Crippen LogP contribution in [0.2, 0.25) is 0 Å². The van der Waals surface area contributed by atoms with Crippen LogP contribution in [0.25, 0.3) is 11.0 Å². The summed E-state index contributed by atoms with van der Waals surface area (Å²) in [6, 6.07) is 4.61. The van der Waals surface area contributed by atoms with Gasteiger partial charge in [-0.05, 0) is 70.3 Å². The SMILES string of the molecule is O=C1C2CC=CCC2C(=O)N1CCCCN1CCC(c2noc3cc(F)ccc23)CC1. The molecule has 0 saturated carbocycles. The predicted molar refractivity (Wildman–Crippen MR) is 114 cm³/mol. The van der Waals surface area contributed by atoms with Crippen molar-refractivity contribution in [3.63, 3.8) is 0 Å². The molecule has 2 atom stereocenters. The Labute approximate surface area is 181 Å². The third-order valence-corrected chi connectivity index (χ3v) is 7.14. The molecule has 1 aliphatic carbocycles. The fourth-order valence-corrected chi connectivity index (χ4v) is 5.35. The van der Waals surface area contributed by atoms with Crippen molar-refractivity contribution in [2.75, 3.05) is 26.2 Å². The number of allylic oxidation sites excluding steroid dienone is 2. The van der Waals surface area contributed by atoms with Crippen LogP contribution >= 0.6 is 0 Å². The lowest BCUT2D eigenvalue weighted by Crippen LogP contribution is -2.35. The second kappa shape index (κ2) is 8.54. The van der Waals surface area contributed by atoms with Gasteiger partial charge in [0.2, 0.25) is 11.8 Å². The van der Waals surface area contributed by atoms with E-state index in [1.54, 1.807) is 6.07 Å². The number of benzene rings is 1. The van der Waals surface area contributed by atoms with Crippen molar-refractivity contribution in [3.05, 3.63) is 41.9 Å². The molecule has 3 heterocycles. The second-order valence-corrected chi connectivity index (χ2v) is 9.02. The van der Waals surface area contributed by atoms with Crippen molar-refractivity contribution in [2.24, 2.45) is 11.8 Å². The highest BCUT2D eigenvalue weighted by molar-refractivity contribution is 6.05. The number of carbonyl (C=O) groups is 2. The molecule has 0 N–H and O–H groups in total. The van der Waals surface area contributed by atoms with E-state index in [4.69, 9.17) is 4.52 Å². The number of fused-ring (bicyclic) bond motifs is 2. The second-order valence-electron chi connectivity index (χ2n) is 9.02. The van der Waals surface area contributed by atoms with Crippen molar-refractivity contribution >= 4 is 22.8 Å². The Morgan fingerprint density at radius 1 is 1.00 bits per heavy atom. The highest BCUT2D eigenvalue weighted by Gasteiger charge is 2.46. The lowest BCUT2D eigenvalue weighted by atomic mass is 9.85. The molecule has 2 unspecified atom stereocenters. The van der Waals surface area contributed by atoms with Crippen LogP contribution in [0, 0.1) is 17.7 Å². The maximum atomic E-state index is 13.4. The molecule has 5 rings (SSSR count). The van der Waals surface area contributed by atoms with E-state index in [2.05, 4.69) is 10.1 Å². The van der Waals surface area contributed by atoms with Crippen LogP contribution in [0.5, 0.6) is 0 Å². The van der Waals surface area contributed by atoms with Crippen LogP contribution in [0.1, 0.15) is 50.1 Å². The molecule has 31 heavy (non-hydrogen) atoms. The first-order chi connectivity index (χ1) is 15.1. The summed E-state index contributed by atoms with van der Waals surface area (Å²) in [4.78, 5) is 29.0. The number of hydrogen-bond acceptors (Lipinski definition) is 5. The van der Waals surface area contributed by atoms with E-state index in [1.165, 1.54) is 17.0 Å². The van der Waals surface area contributed by atoms with Crippen LogP contribution in [-0.2, 0) is 9.59 Å². The molecule has 2 aromatic rings. The Hall–Kier alpha value is -2.54. The molecule has 1 aromatic carbocycles. The number of unbranched alkanes of at least 4 members (excludes halogenated alkanes) is 1. The van der Waals surface area contributed by atoms with Crippen LogP contribution in [0.15, 0.2) is 34.9 Å². The van der Waals surface area contributed by atoms with Crippen molar-refractivity contribution in [3.8, 4) is 0 Å². The van der Waals surface area contributed by atoms with Gasteiger partial charge in [-0.3, -0.25) is 14.5 Å². The van der Waals surface area contributed by atoms with Gasteiger partial charge in [0, 0.05) is 23.9 Å². The smallest absolute Gasteiger partial charge is 0.233 e. The minimum Gasteiger partial charge on any atom is -0.356 e. The quantitative estimate of drug-likeness (QED) is 0.399. The van der Waals surface area contributed by atoms with Gasteiger partial charge in [-0.25, -0.2) is 4.39 Å². The molecule has 0 bridgehead atoms. The number of imide groups is 1. The van der Waals surface area contributed by atoms with Gasteiger partial charge in [-0.15, -0.1) is 0 Å². The predicted octanol–water partition coefficient (Wildman–Crippen LogP) is 3.88. The standard InChI is InChI=1S/C24H28FN3O3/c25-17-7-8-20-21(15-17)31-26-22(20)16-9-13-27(14-10-16)11-3-4-12-28-23(29)18-5-1-2-6-19(18)24(28)30/h1-2,7-8,15-16,18-19H,3-6,9-14H2. The van der Waals surface area contributed by atoms with Gasteiger partial charge in [0.15, 0.2) is 5.58 Å². The number of nitrogens with zero attached hydrogens (tertiary/aromatic N) is 3. The first-order valence-electron chi connectivity index (χ1n) is 11.4. The maximum Gasteiger partial charge on any atom is 0.233 e. The summed E-state index contributed by atoms with van der Waals surface area (Å²) >= 11 is 0. The van der Waals surface area contributed by atoms with Crippen LogP contribution in [0.3, 0.4) is 0 Å². The lowest BCUT2D eigenvalue weighted by Gasteiger charge is -2.31. The number of carbonyl (C=O) groups excluding carboxylic acids is 2. The number of amides is 2. The van der Waals surface area contributed by atoms with E-state index in [0.29, 0.717) is 30.9 Å². The van der Waals surface area contributed by atoms with E-state index in [0.717, 1.165) is 56.4 Å². The number of likely N-dealkylation sites (tertiary alicyclic amines) is 2. The fraction of sp³-hybridized carbons (Fsp3) is 0.542. The summed E-state index contributed by atoms with van der Waals surface area (Å²) in [6.07, 6.45) is 9.29. The fourth-order valence-electron chi connectivity index (χ4n) is 5.35. The first-order valence-corrected chi connectivity index (χ1v) is 11.4. The number of aromatic nitrogens is 1. The average Bonchev–Trinajstić information content (AvgIpc) is 3.31. The molecule has 6 nitrogen and oxygen atoms in total. The number of hydrogen-bond donors (Lipinski definition) is 0. The molecule has 7 heteroatoms. The van der Waals surface area contributed by atoms with E-state index in [9.17, 15) is 14.0 Å². The zero-order valence-electron chi connectivity index (χ0n) is 17.6. The third-order valence-electron chi connectivity index (χ3n) is 7.14. The molecule has 2 fully saturated rings. The van der Waals surface area contributed by atoms with Crippen molar-refractivity contribution in [1.29, 1.82) is 0 Å². The zero-order valence-corrected chi connectivity index (χ0v) is 17.6. The third kappa shape index (κ3) is 3.91. The molecule has 2 aliphatic heterocycles. The van der Waals surface area contributed by atoms with E-state index in [1.807, 2.05) is 12.2 Å². The Morgan fingerprint density at radius 3 is 2.39 bits per heavy atom. The molecule has 3 aliphatic rings. The van der Waals surface area contributed by atoms with Crippen molar-refractivity contribution in [1.82, 2.24) is 15.0 Å². The van der Waals surface area contributed by atoms with Crippen LogP contribution in [-0.4, -0.2) is 52.9 Å². The monoisotopic (exact) mass is 425 g/mol. The van der Waals surface area contributed by atoms with Crippen molar-refractivity contribution < 1.29 is 18.5 Å². The highest BCUT2D eigenvalue weighted by Crippen LogP contribution is 2.35. The van der Waals surface area contributed by atoms with E-state index >= 15 is 0 Å². The van der Waals surface area contributed by atoms with Gasteiger partial charge >= 0.3 is 0 Å². The highest BCUT2D eigenvalue weighted by atomic mass is 19.1. The number of rotatable bonds is 6. The lowest BCUT2D eigenvalue weighted by molar-refractivity contribution is -0.139. The minimum absolute atomic E-state index is 0.0277. The maximum absolute atomic E-state index is 13.4. The largest absolute Gasteiger partial charge is 0.356 e. The molecule has 2 saturated heterocycles. The molecule has 1 aromatic heterocycles. The van der Waals surface area contributed by atoms with Crippen molar-refractivity contribution in [2.45, 2.75) is 44.4 Å². The first kappa shape index (κ1) is 20.4. The van der Waals surface area contributed by atoms with Crippen LogP contribution < -0.4 is 0 Å². The molecule has 0 radical (unpaired) electrons. The zero-order chi connectivity index (χ0) is 21.4. The summed E-state index contributed by atoms with van der Waals surface area (Å²) in [6.45, 7) is 3.49. The summed E-state index contributed by atoms with van der Waals surface area (Å²) in [5.74, 6) is -0.168. The molecular formula is C24H28FN3O3. The summed E-state index contributed by atoms with van der Waals surface area (Å²) in [7, 11) is 0. The van der Waals surface area contributed by atoms with Gasteiger partial charge in [0.05, 0.1) is 17.5 Å². The van der Waals surface area contributed by atoms with E-state index < -0.39 is 0 Å². The molecule has 164 valence electrons. The normalized spacial score (nSPS) is 25.0. The number of halogens is 1. The summed E-state index contributed by atoms with van der Waals surface area (Å²) in [5.41, 5.74) is 1.45. The Kier molecular flexibility index (Phi) is 5.61. The Balaban J connectivity index is 1.07. The average molecular weight is 426 g/mol. The van der Waals surface area contributed by atoms with Gasteiger partial charge in [-0.2, -0.15) is 0 Å². The van der Waals surface area contributed by atoms with E-state index in [-0.39, 0.29) is 29.5 Å².